The van der Waals surface area contributed by atoms with Gasteiger partial charge in [-0.05, 0) is 75.6 Å². The first-order chi connectivity index (χ1) is 20.4. The van der Waals surface area contributed by atoms with E-state index in [9.17, 15) is 12.8 Å². The standard InChI is InChI=1S/C30H35F3N6O3S/c1-4-11-42-19-9-10-22(31)26(12-19)43(40,41)38-25-14-23(32)20(13-24(25)33)28-27-29(39(37-28)16(2)3)21(15-36-30(27)35)17-5-7-18(34)8-6-17/h9-10,12-18,38H,4-8,11,34H2,1-3H3,(H2,35,36). The molecule has 4 aromatic rings. The fourth-order valence-electron chi connectivity index (χ4n) is 5.52. The Labute approximate surface area is 248 Å². The van der Waals surface area contributed by atoms with Crippen LogP contribution in [-0.4, -0.2) is 35.8 Å². The summed E-state index contributed by atoms with van der Waals surface area (Å²) in [5.41, 5.74) is 13.2. The highest BCUT2D eigenvalue weighted by Gasteiger charge is 2.29. The van der Waals surface area contributed by atoms with E-state index in [1.165, 1.54) is 6.07 Å². The molecule has 2 aromatic carbocycles. The predicted molar refractivity (Wildman–Crippen MR) is 160 cm³/mol. The molecule has 5 N–H and O–H groups in total. The summed E-state index contributed by atoms with van der Waals surface area (Å²) in [6.45, 7) is 5.99. The molecule has 43 heavy (non-hydrogen) atoms. The van der Waals surface area contributed by atoms with Crippen LogP contribution in [0, 0.1) is 17.5 Å². The fourth-order valence-corrected chi connectivity index (χ4v) is 6.67. The third kappa shape index (κ3) is 6.00. The molecule has 5 rings (SSSR count). The number of nitrogen functional groups attached to an aromatic ring is 1. The van der Waals surface area contributed by atoms with Crippen LogP contribution in [0.15, 0.2) is 41.4 Å². The van der Waals surface area contributed by atoms with Crippen LogP contribution in [0.25, 0.3) is 22.2 Å². The summed E-state index contributed by atoms with van der Waals surface area (Å²) in [5.74, 6) is -2.73. The van der Waals surface area contributed by atoms with E-state index < -0.39 is 38.1 Å². The first kappa shape index (κ1) is 30.6. The third-order valence-electron chi connectivity index (χ3n) is 7.70. The Balaban J connectivity index is 1.56. The SMILES string of the molecule is CCCOc1ccc(F)c(S(=O)(=O)Nc2cc(F)c(-c3nn(C(C)C)c4c(C5CCC(N)CC5)cnc(N)c34)cc2F)c1. The quantitative estimate of drug-likeness (QED) is 0.202. The van der Waals surface area contributed by atoms with Crippen LogP contribution in [-0.2, 0) is 10.0 Å². The molecule has 1 aliphatic carbocycles. The molecule has 1 saturated carbocycles. The highest BCUT2D eigenvalue weighted by molar-refractivity contribution is 7.92. The molecular formula is C30H35F3N6O3S. The van der Waals surface area contributed by atoms with Gasteiger partial charge in [-0.3, -0.25) is 9.40 Å². The lowest BCUT2D eigenvalue weighted by atomic mass is 9.82. The number of fused-ring (bicyclic) bond motifs is 1. The van der Waals surface area contributed by atoms with E-state index >= 15 is 8.78 Å². The highest BCUT2D eigenvalue weighted by atomic mass is 32.2. The number of sulfonamides is 1. The maximum atomic E-state index is 15.7. The Bertz CT molecular complexity index is 1770. The van der Waals surface area contributed by atoms with Gasteiger partial charge in [0.05, 0.1) is 23.2 Å². The van der Waals surface area contributed by atoms with Crippen molar-refractivity contribution in [1.82, 2.24) is 14.8 Å². The van der Waals surface area contributed by atoms with Crippen LogP contribution < -0.4 is 20.9 Å². The minimum Gasteiger partial charge on any atom is -0.494 e. The molecule has 2 aromatic heterocycles. The first-order valence-corrected chi connectivity index (χ1v) is 15.8. The van der Waals surface area contributed by atoms with Crippen molar-refractivity contribution in [3.8, 4) is 17.0 Å². The lowest BCUT2D eigenvalue weighted by Crippen LogP contribution is -2.26. The summed E-state index contributed by atoms with van der Waals surface area (Å²) in [6.07, 6.45) is 5.79. The van der Waals surface area contributed by atoms with Gasteiger partial charge >= 0.3 is 0 Å². The van der Waals surface area contributed by atoms with E-state index in [1.54, 1.807) is 10.9 Å². The number of nitrogens with one attached hydrogen (secondary N) is 1. The number of rotatable bonds is 9. The zero-order valence-corrected chi connectivity index (χ0v) is 25.0. The molecule has 0 amide bonds. The summed E-state index contributed by atoms with van der Waals surface area (Å²) in [4.78, 5) is 3.62. The van der Waals surface area contributed by atoms with Gasteiger partial charge in [0.1, 0.15) is 39.6 Å². The number of pyridine rings is 1. The molecule has 0 saturated heterocycles. The molecule has 230 valence electrons. The molecule has 0 bridgehead atoms. The monoisotopic (exact) mass is 616 g/mol. The minimum atomic E-state index is -4.65. The minimum absolute atomic E-state index is 0.0840. The van der Waals surface area contributed by atoms with Gasteiger partial charge in [-0.2, -0.15) is 5.10 Å². The summed E-state index contributed by atoms with van der Waals surface area (Å²) in [6, 6.07) is 4.76. The summed E-state index contributed by atoms with van der Waals surface area (Å²) in [5, 5.41) is 5.04. The number of ether oxygens (including phenoxy) is 1. The zero-order valence-electron chi connectivity index (χ0n) is 24.2. The normalized spacial score (nSPS) is 17.5. The number of aromatic nitrogens is 3. The van der Waals surface area contributed by atoms with Crippen LogP contribution in [0.5, 0.6) is 5.75 Å². The average Bonchev–Trinajstić information content (AvgIpc) is 3.37. The Hall–Kier alpha value is -3.84. The largest absolute Gasteiger partial charge is 0.494 e. The number of hydrogen-bond donors (Lipinski definition) is 3. The predicted octanol–water partition coefficient (Wildman–Crippen LogP) is 6.25. The molecule has 0 spiro atoms. The summed E-state index contributed by atoms with van der Waals surface area (Å²) in [7, 11) is -4.65. The smallest absolute Gasteiger partial charge is 0.265 e. The van der Waals surface area contributed by atoms with Crippen LogP contribution in [0.4, 0.5) is 24.7 Å². The molecule has 0 aliphatic heterocycles. The van der Waals surface area contributed by atoms with E-state index in [-0.39, 0.29) is 47.4 Å². The van der Waals surface area contributed by atoms with E-state index in [2.05, 4.69) is 10.1 Å². The van der Waals surface area contributed by atoms with Gasteiger partial charge in [-0.15, -0.1) is 0 Å². The zero-order chi connectivity index (χ0) is 31.1. The molecule has 0 unspecified atom stereocenters. The van der Waals surface area contributed by atoms with Gasteiger partial charge < -0.3 is 16.2 Å². The van der Waals surface area contributed by atoms with Crippen molar-refractivity contribution in [3.05, 3.63) is 59.5 Å². The van der Waals surface area contributed by atoms with Gasteiger partial charge in [-0.1, -0.05) is 6.92 Å². The van der Waals surface area contributed by atoms with Gasteiger partial charge in [0.15, 0.2) is 0 Å². The van der Waals surface area contributed by atoms with Crippen LogP contribution in [0.2, 0.25) is 0 Å². The molecule has 0 atom stereocenters. The Morgan fingerprint density at radius 2 is 1.79 bits per heavy atom. The van der Waals surface area contributed by atoms with Crippen LogP contribution >= 0.6 is 0 Å². The van der Waals surface area contributed by atoms with E-state index in [0.717, 1.165) is 49.4 Å². The van der Waals surface area contributed by atoms with Crippen molar-refractivity contribution in [3.63, 3.8) is 0 Å². The lowest BCUT2D eigenvalue weighted by molar-refractivity contribution is 0.315. The van der Waals surface area contributed by atoms with Crippen molar-refractivity contribution >= 4 is 32.4 Å². The Kier molecular flexibility index (Phi) is 8.57. The molecule has 2 heterocycles. The van der Waals surface area contributed by atoms with Crippen LogP contribution in [0.1, 0.15) is 70.4 Å². The highest BCUT2D eigenvalue weighted by Crippen LogP contribution is 2.42. The lowest BCUT2D eigenvalue weighted by Gasteiger charge is -2.27. The maximum absolute atomic E-state index is 15.7. The first-order valence-electron chi connectivity index (χ1n) is 14.3. The number of nitrogens with two attached hydrogens (primary N) is 2. The van der Waals surface area contributed by atoms with E-state index in [0.29, 0.717) is 23.4 Å². The van der Waals surface area contributed by atoms with Crippen molar-refractivity contribution in [2.75, 3.05) is 17.1 Å². The van der Waals surface area contributed by atoms with Crippen molar-refractivity contribution in [2.45, 2.75) is 75.8 Å². The second-order valence-corrected chi connectivity index (χ2v) is 12.8. The second-order valence-electron chi connectivity index (χ2n) is 11.2. The molecule has 0 radical (unpaired) electrons. The van der Waals surface area contributed by atoms with Crippen molar-refractivity contribution in [2.24, 2.45) is 5.73 Å². The van der Waals surface area contributed by atoms with Crippen molar-refractivity contribution in [1.29, 1.82) is 0 Å². The van der Waals surface area contributed by atoms with Gasteiger partial charge in [0.25, 0.3) is 10.0 Å². The summed E-state index contributed by atoms with van der Waals surface area (Å²) < 4.78 is 80.9. The van der Waals surface area contributed by atoms with Crippen molar-refractivity contribution < 1.29 is 26.3 Å². The van der Waals surface area contributed by atoms with Gasteiger partial charge in [-0.25, -0.2) is 26.6 Å². The fraction of sp³-hybridized carbons (Fsp3) is 0.400. The Morgan fingerprint density at radius 3 is 2.47 bits per heavy atom. The van der Waals surface area contributed by atoms with Gasteiger partial charge in [0.2, 0.25) is 0 Å². The number of hydrogen-bond acceptors (Lipinski definition) is 7. The third-order valence-corrected chi connectivity index (χ3v) is 9.09. The molecule has 9 nitrogen and oxygen atoms in total. The number of nitrogens with zero attached hydrogens (tertiary/aromatic N) is 3. The van der Waals surface area contributed by atoms with E-state index in [4.69, 9.17) is 16.2 Å². The number of benzene rings is 2. The van der Waals surface area contributed by atoms with Crippen LogP contribution in [0.3, 0.4) is 0 Å². The average molecular weight is 617 g/mol. The number of halogens is 3. The molecular weight excluding hydrogens is 581 g/mol. The Morgan fingerprint density at radius 1 is 1.07 bits per heavy atom. The molecule has 1 aliphatic rings. The number of anilines is 2. The summed E-state index contributed by atoms with van der Waals surface area (Å²) >= 11 is 0. The van der Waals surface area contributed by atoms with Gasteiger partial charge in [0, 0.05) is 36.0 Å². The maximum Gasteiger partial charge on any atom is 0.265 e. The topological polar surface area (TPSA) is 138 Å². The second kappa shape index (κ2) is 12.0. The van der Waals surface area contributed by atoms with E-state index in [1.807, 2.05) is 25.5 Å². The molecule has 13 heteroatoms. The molecule has 1 fully saturated rings.